The zero-order chi connectivity index (χ0) is 11.3. The van der Waals surface area contributed by atoms with Gasteiger partial charge in [0.05, 0.1) is 10.8 Å². The summed E-state index contributed by atoms with van der Waals surface area (Å²) in [5.41, 5.74) is -1.65. The molecule has 0 spiro atoms. The van der Waals surface area contributed by atoms with Crippen molar-refractivity contribution in [3.63, 3.8) is 0 Å². The molecule has 4 heteroatoms. The summed E-state index contributed by atoms with van der Waals surface area (Å²) >= 11 is 11.3. The SMILES string of the molecule is CC1(C)C(=O)C(=C(Cl)Cl)C(C)(C)C1=O. The number of ketones is 2. The van der Waals surface area contributed by atoms with Crippen LogP contribution in [0.15, 0.2) is 10.1 Å². The Kier molecular flexibility index (Phi) is 2.58. The molecule has 0 heterocycles. The van der Waals surface area contributed by atoms with E-state index in [0.29, 0.717) is 0 Å². The highest BCUT2D eigenvalue weighted by Gasteiger charge is 2.57. The summed E-state index contributed by atoms with van der Waals surface area (Å²) in [5, 5.41) is 0. The number of hydrogen-bond donors (Lipinski definition) is 0. The average molecular weight is 235 g/mol. The van der Waals surface area contributed by atoms with E-state index in [0.717, 1.165) is 0 Å². The van der Waals surface area contributed by atoms with E-state index < -0.39 is 10.8 Å². The largest absolute Gasteiger partial charge is 0.298 e. The lowest BCUT2D eigenvalue weighted by Gasteiger charge is -2.18. The molecular formula is C10H12Cl2O2. The lowest BCUT2D eigenvalue weighted by atomic mass is 9.82. The second kappa shape index (κ2) is 3.07. The van der Waals surface area contributed by atoms with E-state index in [-0.39, 0.29) is 21.6 Å². The smallest absolute Gasteiger partial charge is 0.175 e. The first-order valence-electron chi connectivity index (χ1n) is 4.29. The zero-order valence-electron chi connectivity index (χ0n) is 8.57. The van der Waals surface area contributed by atoms with Crippen LogP contribution in [0.25, 0.3) is 0 Å². The molecule has 0 aromatic rings. The second-order valence-electron chi connectivity index (χ2n) is 4.54. The van der Waals surface area contributed by atoms with E-state index in [1.54, 1.807) is 27.7 Å². The van der Waals surface area contributed by atoms with E-state index in [9.17, 15) is 9.59 Å². The van der Waals surface area contributed by atoms with Gasteiger partial charge in [0.1, 0.15) is 4.49 Å². The third-order valence-electron chi connectivity index (χ3n) is 2.74. The molecule has 1 aliphatic rings. The van der Waals surface area contributed by atoms with Crippen molar-refractivity contribution < 1.29 is 9.59 Å². The molecule has 0 saturated heterocycles. The van der Waals surface area contributed by atoms with Crippen LogP contribution in [-0.4, -0.2) is 11.6 Å². The summed E-state index contributed by atoms with van der Waals surface area (Å²) in [7, 11) is 0. The first kappa shape index (κ1) is 11.7. The van der Waals surface area contributed by atoms with E-state index >= 15 is 0 Å². The normalized spacial score (nSPS) is 24.3. The molecule has 0 aliphatic heterocycles. The predicted molar refractivity (Wildman–Crippen MR) is 56.3 cm³/mol. The van der Waals surface area contributed by atoms with Crippen LogP contribution in [0.4, 0.5) is 0 Å². The van der Waals surface area contributed by atoms with Gasteiger partial charge in [-0.25, -0.2) is 0 Å². The van der Waals surface area contributed by atoms with Gasteiger partial charge in [-0.05, 0) is 27.7 Å². The van der Waals surface area contributed by atoms with Gasteiger partial charge in [0, 0.05) is 5.57 Å². The summed E-state index contributed by atoms with van der Waals surface area (Å²) < 4.78 is -0.0982. The number of halogens is 2. The quantitative estimate of drug-likeness (QED) is 0.478. The average Bonchev–Trinajstić information content (AvgIpc) is 2.10. The fourth-order valence-corrected chi connectivity index (χ4v) is 2.56. The Labute approximate surface area is 93.3 Å². The minimum absolute atomic E-state index is 0.0982. The molecular weight excluding hydrogens is 223 g/mol. The molecule has 1 aliphatic carbocycles. The molecule has 0 radical (unpaired) electrons. The van der Waals surface area contributed by atoms with Gasteiger partial charge in [-0.2, -0.15) is 0 Å². The molecule has 0 aromatic carbocycles. The van der Waals surface area contributed by atoms with Crippen LogP contribution in [0.1, 0.15) is 27.7 Å². The highest BCUT2D eigenvalue weighted by Crippen LogP contribution is 2.48. The van der Waals surface area contributed by atoms with Gasteiger partial charge in [0.15, 0.2) is 11.6 Å². The minimum Gasteiger partial charge on any atom is -0.298 e. The van der Waals surface area contributed by atoms with Crippen molar-refractivity contribution in [1.29, 1.82) is 0 Å². The first-order valence-corrected chi connectivity index (χ1v) is 5.04. The topological polar surface area (TPSA) is 34.1 Å². The Hall–Kier alpha value is -0.340. The Morgan fingerprint density at radius 3 is 1.57 bits per heavy atom. The third-order valence-corrected chi connectivity index (χ3v) is 3.12. The van der Waals surface area contributed by atoms with Crippen LogP contribution in [-0.2, 0) is 9.59 Å². The fraction of sp³-hybridized carbons (Fsp3) is 0.600. The van der Waals surface area contributed by atoms with Gasteiger partial charge >= 0.3 is 0 Å². The summed E-state index contributed by atoms with van der Waals surface area (Å²) in [6.07, 6.45) is 0. The van der Waals surface area contributed by atoms with Crippen LogP contribution in [0, 0.1) is 10.8 Å². The van der Waals surface area contributed by atoms with Crippen molar-refractivity contribution in [1.82, 2.24) is 0 Å². The Morgan fingerprint density at radius 2 is 1.43 bits per heavy atom. The van der Waals surface area contributed by atoms with Crippen LogP contribution in [0.5, 0.6) is 0 Å². The highest BCUT2D eigenvalue weighted by molar-refractivity contribution is 6.58. The van der Waals surface area contributed by atoms with Crippen molar-refractivity contribution in [3.05, 3.63) is 10.1 Å². The van der Waals surface area contributed by atoms with E-state index in [4.69, 9.17) is 23.2 Å². The number of rotatable bonds is 0. The molecule has 1 saturated carbocycles. The van der Waals surface area contributed by atoms with E-state index in [1.165, 1.54) is 0 Å². The number of hydrogen-bond acceptors (Lipinski definition) is 2. The van der Waals surface area contributed by atoms with Gasteiger partial charge in [-0.1, -0.05) is 23.2 Å². The van der Waals surface area contributed by atoms with Crippen molar-refractivity contribution >= 4 is 34.8 Å². The molecule has 2 nitrogen and oxygen atoms in total. The van der Waals surface area contributed by atoms with Gasteiger partial charge in [-0.15, -0.1) is 0 Å². The second-order valence-corrected chi connectivity index (χ2v) is 5.49. The predicted octanol–water partition coefficient (Wildman–Crippen LogP) is 2.88. The van der Waals surface area contributed by atoms with Gasteiger partial charge in [-0.3, -0.25) is 9.59 Å². The van der Waals surface area contributed by atoms with Gasteiger partial charge < -0.3 is 0 Å². The highest BCUT2D eigenvalue weighted by atomic mass is 35.5. The van der Waals surface area contributed by atoms with Crippen LogP contribution in [0.2, 0.25) is 0 Å². The Bertz CT molecular complexity index is 347. The zero-order valence-corrected chi connectivity index (χ0v) is 10.1. The Morgan fingerprint density at radius 1 is 1.00 bits per heavy atom. The summed E-state index contributed by atoms with van der Waals surface area (Å²) in [6, 6.07) is 0. The maximum Gasteiger partial charge on any atom is 0.175 e. The maximum atomic E-state index is 11.9. The van der Waals surface area contributed by atoms with Crippen LogP contribution >= 0.6 is 23.2 Å². The van der Waals surface area contributed by atoms with Crippen molar-refractivity contribution in [2.24, 2.45) is 10.8 Å². The van der Waals surface area contributed by atoms with Gasteiger partial charge in [0.25, 0.3) is 0 Å². The standard InChI is InChI=1S/C10H12Cl2O2/c1-9(2)5(7(11)12)6(13)10(3,4)8(9)14/h1-4H3. The van der Waals surface area contributed by atoms with E-state index in [2.05, 4.69) is 0 Å². The monoisotopic (exact) mass is 234 g/mol. The molecule has 78 valence electrons. The molecule has 0 amide bonds. The summed E-state index contributed by atoms with van der Waals surface area (Å²) in [4.78, 5) is 23.7. The summed E-state index contributed by atoms with van der Waals surface area (Å²) in [5.74, 6) is -0.406. The summed E-state index contributed by atoms with van der Waals surface area (Å²) in [6.45, 7) is 6.54. The number of carbonyl (C=O) groups excluding carboxylic acids is 2. The Balaban J connectivity index is 3.48. The van der Waals surface area contributed by atoms with Crippen molar-refractivity contribution in [2.75, 3.05) is 0 Å². The molecule has 0 N–H and O–H groups in total. The number of carbonyl (C=O) groups is 2. The molecule has 0 aromatic heterocycles. The maximum absolute atomic E-state index is 11.9. The molecule has 14 heavy (non-hydrogen) atoms. The van der Waals surface area contributed by atoms with Crippen LogP contribution < -0.4 is 0 Å². The van der Waals surface area contributed by atoms with Gasteiger partial charge in [0.2, 0.25) is 0 Å². The number of allylic oxidation sites excluding steroid dienone is 1. The van der Waals surface area contributed by atoms with Crippen molar-refractivity contribution in [3.8, 4) is 0 Å². The lowest BCUT2D eigenvalue weighted by molar-refractivity contribution is -0.135. The molecule has 1 fully saturated rings. The third kappa shape index (κ3) is 1.32. The van der Waals surface area contributed by atoms with E-state index in [1.807, 2.05) is 0 Å². The molecule has 0 unspecified atom stereocenters. The van der Waals surface area contributed by atoms with Crippen molar-refractivity contribution in [2.45, 2.75) is 27.7 Å². The van der Waals surface area contributed by atoms with Crippen LogP contribution in [0.3, 0.4) is 0 Å². The molecule has 0 atom stereocenters. The fourth-order valence-electron chi connectivity index (χ4n) is 1.92. The lowest BCUT2D eigenvalue weighted by Crippen LogP contribution is -2.29. The molecule has 0 bridgehead atoms. The minimum atomic E-state index is -1.01. The number of Topliss-reactive ketones (excluding diaryl/α,β-unsaturated/α-hetero) is 2. The molecule has 1 rings (SSSR count). The first-order chi connectivity index (χ1) is 6.13.